The molecule has 5 rings (SSSR count). The number of allylic oxidation sites excluding steroid dienone is 1. The molecular formula is C97H209N7O26P6. The number of fused-ring (bicyclic) bond motifs is 5. The van der Waals surface area contributed by atoms with Crippen LogP contribution in [0.5, 0.6) is 0 Å². The van der Waals surface area contributed by atoms with E-state index in [9.17, 15) is 86.0 Å². The van der Waals surface area contributed by atoms with E-state index in [0.717, 1.165) is 31.3 Å². The van der Waals surface area contributed by atoms with Gasteiger partial charge in [-0.15, -0.1) is 0 Å². The highest BCUT2D eigenvalue weighted by molar-refractivity contribution is 7.48. The summed E-state index contributed by atoms with van der Waals surface area (Å²) >= 11 is 0. The zero-order valence-corrected chi connectivity index (χ0v) is 95.8. The summed E-state index contributed by atoms with van der Waals surface area (Å²) in [4.78, 5) is 138. The largest absolute Gasteiger partial charge is 0.532 e. The van der Waals surface area contributed by atoms with Crippen LogP contribution in [0.4, 0.5) is 4.79 Å². The Morgan fingerprint density at radius 2 is 0.581 bits per heavy atom. The molecule has 11 unspecified atom stereocenters. The molecule has 39 heteroatoms. The van der Waals surface area contributed by atoms with Gasteiger partial charge in [-0.25, -0.2) is 32.2 Å². The van der Waals surface area contributed by atoms with Crippen molar-refractivity contribution in [3.63, 3.8) is 0 Å². The Morgan fingerprint density at radius 3 is 0.809 bits per heavy atom. The molecule has 33 nitrogen and oxygen atoms in total. The number of phosphoric acid groups is 6. The summed E-state index contributed by atoms with van der Waals surface area (Å²) < 4.78 is 110. The second-order valence-electron chi connectivity index (χ2n) is 38.8. The van der Waals surface area contributed by atoms with Crippen LogP contribution in [0.2, 0.25) is 0 Å². The zero-order chi connectivity index (χ0) is 105. The van der Waals surface area contributed by atoms with Crippen LogP contribution >= 0.6 is 46.9 Å². The lowest BCUT2D eigenvalue weighted by molar-refractivity contribution is -0.202. The van der Waals surface area contributed by atoms with E-state index in [1.807, 2.05) is 0 Å². The Labute approximate surface area is 829 Å². The van der Waals surface area contributed by atoms with Gasteiger partial charge in [0.25, 0.3) is 0 Å². The fraction of sp³-hybridized carbons (Fsp3) is 0.969. The minimum atomic E-state index is -6.26. The molecule has 818 valence electrons. The summed E-state index contributed by atoms with van der Waals surface area (Å²) in [6.07, 6.45) is 17.0. The molecule has 0 aliphatic heterocycles. The Hall–Kier alpha value is -0.570. The summed E-state index contributed by atoms with van der Waals surface area (Å²) in [7, 11) is -37.0. The van der Waals surface area contributed by atoms with E-state index >= 15 is 0 Å². The molecule has 0 aromatic heterocycles. The van der Waals surface area contributed by atoms with Gasteiger partial charge < -0.3 is 92.5 Å². The second kappa shape index (κ2) is 77.8. The molecule has 0 saturated heterocycles. The molecule has 0 bridgehead atoms. The molecule has 13 atom stereocenters. The first kappa shape index (κ1) is 140. The van der Waals surface area contributed by atoms with Gasteiger partial charge in [0.15, 0.2) is 0 Å². The third-order valence-electron chi connectivity index (χ3n) is 25.5. The van der Waals surface area contributed by atoms with Crippen LogP contribution in [0.1, 0.15) is 385 Å². The number of phosphoric ester groups is 6. The molecule has 0 aromatic rings. The van der Waals surface area contributed by atoms with E-state index < -0.39 is 95.8 Å². The molecule has 136 heavy (non-hydrogen) atoms. The Bertz CT molecular complexity index is 2940. The minimum absolute atomic E-state index is 0.200. The zero-order valence-electron chi connectivity index (χ0n) is 90.4. The number of nitrogens with zero attached hydrogens (tertiary/aromatic N) is 7. The lowest BCUT2D eigenvalue weighted by Crippen LogP contribution is -2.66. The van der Waals surface area contributed by atoms with Crippen molar-refractivity contribution < 1.29 is 122 Å². The van der Waals surface area contributed by atoms with Crippen LogP contribution in [0.3, 0.4) is 0 Å². The highest BCUT2D eigenvalue weighted by Gasteiger charge is 2.64. The van der Waals surface area contributed by atoms with E-state index in [1.165, 1.54) is 298 Å². The second-order valence-corrected chi connectivity index (χ2v) is 46.1. The maximum atomic E-state index is 13.5. The first-order valence-electron chi connectivity index (χ1n) is 53.2. The maximum absolute atomic E-state index is 13.5. The Kier molecular flexibility index (Phi) is 79.8. The van der Waals surface area contributed by atoms with Gasteiger partial charge in [-0.1, -0.05) is 211 Å². The van der Waals surface area contributed by atoms with Crippen LogP contribution < -0.4 is 0 Å². The average molecular weight is 2080 g/mol. The van der Waals surface area contributed by atoms with E-state index in [0.29, 0.717) is 41.9 Å². The smallest absolute Gasteiger partial charge is 0.430 e. The van der Waals surface area contributed by atoms with Gasteiger partial charge in [-0.2, -0.15) is 0 Å². The molecule has 0 radical (unpaired) electrons. The van der Waals surface area contributed by atoms with Crippen molar-refractivity contribution in [3.8, 4) is 0 Å². The molecule has 11 N–H and O–H groups in total. The van der Waals surface area contributed by atoms with Crippen molar-refractivity contribution in [1.82, 2.24) is 34.3 Å². The summed E-state index contributed by atoms with van der Waals surface area (Å²) in [5.41, 5.74) is 1.00. The summed E-state index contributed by atoms with van der Waals surface area (Å²) in [6.45, 7) is 85.6. The third-order valence-corrected chi connectivity index (χ3v) is 29.0. The van der Waals surface area contributed by atoms with Crippen molar-refractivity contribution in [3.05, 3.63) is 11.6 Å². The van der Waals surface area contributed by atoms with Crippen molar-refractivity contribution in [2.45, 2.75) is 428 Å². The Balaban J connectivity index is -0.00000199. The molecule has 0 spiro atoms. The standard InChI is InChI=1S/C34H62O26P6.7C9H21N/c1-18(2)7-6-8-19(3)23-11-12-24-22-10-9-20-17-21(13-15-33(20,4)25(22)14-16-34(23,24)5)53-32(35)60-66(51,52)59-31-29(57-64(45,46)47)27(55-62(39,40)41)26(54-61(36,37)38)28(56-63(42,43)44)30(31)58-65(48,49)50;7*1-4-7-10(8-5-2)9-6-3/h9,18-19,21-31H,6-8,10-17H2,1-5H3,(H,51,52)(H2,36,37,38)(H2,39,40,41)(H2,42,43,44)(H2,45,46,47)(H2,48,49,50);7*4-9H2,1-3H3/t19-,21-,22?,23?,24?,25?,26?,27?,28?,29?,30?,31?,33?,34?;;;;;;;/m0......./s1. The predicted molar refractivity (Wildman–Crippen MR) is 555 cm³/mol. The van der Waals surface area contributed by atoms with Gasteiger partial charge >= 0.3 is 53.1 Å². The van der Waals surface area contributed by atoms with E-state index in [-0.39, 0.29) is 23.7 Å². The van der Waals surface area contributed by atoms with Gasteiger partial charge in [0.2, 0.25) is 0 Å². The molecular weight excluding hydrogens is 1860 g/mol. The predicted octanol–water partition coefficient (Wildman–Crippen LogP) is 23.1. The highest BCUT2D eigenvalue weighted by Crippen LogP contribution is 2.68. The van der Waals surface area contributed by atoms with E-state index in [2.05, 4.69) is 248 Å². The number of hydrogen-bond donors (Lipinski definition) is 11. The molecule has 4 fully saturated rings. The summed E-state index contributed by atoms with van der Waals surface area (Å²) in [6, 6.07) is 0. The SMILES string of the molecule is CC(C)CCC[C@H](C)C1CCC2C3CC=C4C[C@@H](OC(=O)OP(=O)(O)OC5C(OP(=O)(O)O)C(OP(=O)(O)O)C(OP(=O)(O)O)C(OP(=O)(O)O)C5OP(=O)(O)O)CCC4(C)C3CCC21C.CCCN(CCC)CCC.CCCN(CCC)CCC.CCCN(CCC)CCC.CCCN(CCC)CCC.CCCN(CCC)CCC.CCCN(CCC)CCC.CCCN(CCC)CCC. The molecule has 4 saturated carbocycles. The molecule has 5 aliphatic carbocycles. The topological polar surface area (TPSA) is 439 Å². The number of hydrogen-bond acceptors (Lipinski definition) is 22. The number of carbonyl (C=O) groups is 1. The fourth-order valence-electron chi connectivity index (χ4n) is 20.8. The number of carbonyl (C=O) groups excluding carboxylic acids is 1. The number of rotatable bonds is 61. The Morgan fingerprint density at radius 1 is 0.338 bits per heavy atom. The molecule has 5 aliphatic rings. The van der Waals surface area contributed by atoms with Crippen LogP contribution in [0.15, 0.2) is 11.6 Å². The first-order valence-corrected chi connectivity index (χ1v) is 62.3. The molecule has 0 amide bonds. The maximum Gasteiger partial charge on any atom is 0.532 e. The molecule has 0 heterocycles. The van der Waals surface area contributed by atoms with Gasteiger partial charge in [0.1, 0.15) is 42.7 Å². The van der Waals surface area contributed by atoms with Crippen LogP contribution in [-0.4, -0.2) is 274 Å². The lowest BCUT2D eigenvalue weighted by Gasteiger charge is -2.58. The van der Waals surface area contributed by atoms with Crippen LogP contribution in [0, 0.1) is 46.3 Å². The number of ether oxygens (including phenoxy) is 1. The third kappa shape index (κ3) is 62.5. The van der Waals surface area contributed by atoms with E-state index in [4.69, 9.17) is 9.26 Å². The average Bonchev–Trinajstić information content (AvgIpc) is 1.46. The lowest BCUT2D eigenvalue weighted by atomic mass is 9.47. The quantitative estimate of drug-likeness (QED) is 0.0153. The monoisotopic (exact) mass is 2070 g/mol. The summed E-state index contributed by atoms with van der Waals surface area (Å²) in [5, 5.41) is 0. The highest BCUT2D eigenvalue weighted by atomic mass is 31.2. The van der Waals surface area contributed by atoms with Crippen molar-refractivity contribution in [1.29, 1.82) is 0 Å². The van der Waals surface area contributed by atoms with Gasteiger partial charge in [-0.3, -0.25) is 32.0 Å². The fourth-order valence-corrected chi connectivity index (χ4v) is 24.4. The normalized spacial score (nSPS) is 23.5. The van der Waals surface area contributed by atoms with Gasteiger partial charge in [-0.05, 0) is 364 Å². The minimum Gasteiger partial charge on any atom is -0.430 e. The molecule has 0 aromatic carbocycles. The van der Waals surface area contributed by atoms with Crippen molar-refractivity contribution in [2.75, 3.05) is 137 Å². The van der Waals surface area contributed by atoms with Gasteiger partial charge in [0, 0.05) is 6.42 Å². The van der Waals surface area contributed by atoms with Crippen LogP contribution in [-0.2, 0) is 63.8 Å². The van der Waals surface area contributed by atoms with E-state index in [1.54, 1.807) is 0 Å². The van der Waals surface area contributed by atoms with Gasteiger partial charge in [0.05, 0.1) is 0 Å². The first-order chi connectivity index (χ1) is 63.8. The summed E-state index contributed by atoms with van der Waals surface area (Å²) in [5.74, 6) is 3.30. The van der Waals surface area contributed by atoms with Crippen molar-refractivity contribution >= 4 is 53.1 Å². The van der Waals surface area contributed by atoms with Crippen LogP contribution in [0.25, 0.3) is 0 Å². The van der Waals surface area contributed by atoms with Crippen molar-refractivity contribution in [2.24, 2.45) is 46.3 Å².